The van der Waals surface area contributed by atoms with Crippen molar-refractivity contribution in [3.8, 4) is 5.75 Å². The molecule has 2 fully saturated rings. The molecule has 0 aromatic heterocycles. The van der Waals surface area contributed by atoms with Gasteiger partial charge in [-0.25, -0.2) is 0 Å². The predicted molar refractivity (Wildman–Crippen MR) is 70.1 cm³/mol. The maximum Gasteiger partial charge on any atom is 0.119 e. The van der Waals surface area contributed by atoms with Gasteiger partial charge < -0.3 is 4.74 Å². The third-order valence-electron chi connectivity index (χ3n) is 5.74. The maximum absolute atomic E-state index is 6.25. The molecular weight excluding hydrogens is 208 g/mol. The molecule has 0 amide bonds. The summed E-state index contributed by atoms with van der Waals surface area (Å²) in [7, 11) is 0. The standard InChI is InChI=1S/C16H22O/c1-15(2)12-9-10-16(15,3)14(11-12)17-13-7-5-4-6-8-13/h4-8,12,14H,9-11H2,1-3H3. The van der Waals surface area contributed by atoms with E-state index in [0.717, 1.165) is 11.7 Å². The highest BCUT2D eigenvalue weighted by Crippen LogP contribution is 2.66. The minimum atomic E-state index is 0.355. The topological polar surface area (TPSA) is 9.23 Å². The molecule has 2 bridgehead atoms. The van der Waals surface area contributed by atoms with Gasteiger partial charge in [0, 0.05) is 5.41 Å². The smallest absolute Gasteiger partial charge is 0.119 e. The molecule has 2 aliphatic carbocycles. The highest BCUT2D eigenvalue weighted by molar-refractivity contribution is 5.23. The van der Waals surface area contributed by atoms with E-state index in [1.165, 1.54) is 19.3 Å². The van der Waals surface area contributed by atoms with Crippen LogP contribution in [0.3, 0.4) is 0 Å². The third-order valence-corrected chi connectivity index (χ3v) is 5.74. The molecular formula is C16H22O. The summed E-state index contributed by atoms with van der Waals surface area (Å²) in [5.41, 5.74) is 0.792. The first kappa shape index (κ1) is 11.1. The predicted octanol–water partition coefficient (Wildman–Crippen LogP) is 4.28. The van der Waals surface area contributed by atoms with Gasteiger partial charge in [0.15, 0.2) is 0 Å². The Balaban J connectivity index is 1.83. The van der Waals surface area contributed by atoms with Gasteiger partial charge in [0.2, 0.25) is 0 Å². The fourth-order valence-corrected chi connectivity index (χ4v) is 3.97. The van der Waals surface area contributed by atoms with Crippen LogP contribution >= 0.6 is 0 Å². The Morgan fingerprint density at radius 1 is 1.12 bits per heavy atom. The molecule has 0 saturated heterocycles. The molecule has 0 radical (unpaired) electrons. The second kappa shape index (κ2) is 3.51. The Labute approximate surface area is 104 Å². The molecule has 3 unspecified atom stereocenters. The molecule has 0 N–H and O–H groups in total. The van der Waals surface area contributed by atoms with Gasteiger partial charge in [-0.2, -0.15) is 0 Å². The molecule has 92 valence electrons. The number of benzene rings is 1. The van der Waals surface area contributed by atoms with Crippen LogP contribution in [0.5, 0.6) is 5.75 Å². The van der Waals surface area contributed by atoms with Gasteiger partial charge in [-0.15, -0.1) is 0 Å². The molecule has 3 atom stereocenters. The van der Waals surface area contributed by atoms with Crippen LogP contribution in [-0.2, 0) is 0 Å². The van der Waals surface area contributed by atoms with Crippen LogP contribution < -0.4 is 4.74 Å². The van der Waals surface area contributed by atoms with Crippen molar-refractivity contribution in [2.24, 2.45) is 16.7 Å². The Kier molecular flexibility index (Phi) is 2.30. The van der Waals surface area contributed by atoms with Crippen LogP contribution in [-0.4, -0.2) is 6.10 Å². The van der Waals surface area contributed by atoms with Crippen molar-refractivity contribution in [3.05, 3.63) is 30.3 Å². The Morgan fingerprint density at radius 2 is 1.82 bits per heavy atom. The summed E-state index contributed by atoms with van der Waals surface area (Å²) in [6.45, 7) is 7.28. The monoisotopic (exact) mass is 230 g/mol. The molecule has 0 aliphatic heterocycles. The zero-order valence-electron chi connectivity index (χ0n) is 11.1. The van der Waals surface area contributed by atoms with Gasteiger partial charge in [-0.1, -0.05) is 39.0 Å². The summed E-state index contributed by atoms with van der Waals surface area (Å²) in [5, 5.41) is 0. The summed E-state index contributed by atoms with van der Waals surface area (Å²) >= 11 is 0. The molecule has 0 heterocycles. The van der Waals surface area contributed by atoms with E-state index in [-0.39, 0.29) is 0 Å². The minimum Gasteiger partial charge on any atom is -0.490 e. The number of ether oxygens (including phenoxy) is 1. The highest BCUT2D eigenvalue weighted by Gasteiger charge is 2.62. The van der Waals surface area contributed by atoms with E-state index in [1.54, 1.807) is 0 Å². The van der Waals surface area contributed by atoms with Gasteiger partial charge in [-0.3, -0.25) is 0 Å². The first-order valence-electron chi connectivity index (χ1n) is 6.76. The summed E-state index contributed by atoms with van der Waals surface area (Å²) in [5.74, 6) is 1.88. The largest absolute Gasteiger partial charge is 0.490 e. The van der Waals surface area contributed by atoms with Crippen LogP contribution in [0.4, 0.5) is 0 Å². The van der Waals surface area contributed by atoms with Crippen molar-refractivity contribution in [1.29, 1.82) is 0 Å². The van der Waals surface area contributed by atoms with Crippen LogP contribution in [0, 0.1) is 16.7 Å². The second-order valence-electron chi connectivity index (χ2n) is 6.53. The quantitative estimate of drug-likeness (QED) is 0.737. The summed E-state index contributed by atoms with van der Waals surface area (Å²) < 4.78 is 6.25. The van der Waals surface area contributed by atoms with Crippen LogP contribution in [0.1, 0.15) is 40.0 Å². The van der Waals surface area contributed by atoms with E-state index >= 15 is 0 Å². The van der Waals surface area contributed by atoms with Crippen LogP contribution in [0.15, 0.2) is 30.3 Å². The third kappa shape index (κ3) is 1.44. The second-order valence-corrected chi connectivity index (χ2v) is 6.53. The van der Waals surface area contributed by atoms with E-state index in [4.69, 9.17) is 4.74 Å². The van der Waals surface area contributed by atoms with Crippen molar-refractivity contribution in [3.63, 3.8) is 0 Å². The molecule has 3 rings (SSSR count). The van der Waals surface area contributed by atoms with Gasteiger partial charge in [-0.05, 0) is 42.7 Å². The average Bonchev–Trinajstić information content (AvgIpc) is 2.63. The molecule has 17 heavy (non-hydrogen) atoms. The van der Waals surface area contributed by atoms with E-state index in [2.05, 4.69) is 45.0 Å². The fourth-order valence-electron chi connectivity index (χ4n) is 3.97. The number of para-hydroxylation sites is 1. The lowest BCUT2D eigenvalue weighted by atomic mass is 9.70. The Morgan fingerprint density at radius 3 is 2.35 bits per heavy atom. The van der Waals surface area contributed by atoms with Gasteiger partial charge in [0.25, 0.3) is 0 Å². The number of hydrogen-bond donors (Lipinski definition) is 0. The highest BCUT2D eigenvalue weighted by atomic mass is 16.5. The van der Waals surface area contributed by atoms with Crippen molar-refractivity contribution in [2.75, 3.05) is 0 Å². The number of fused-ring (bicyclic) bond motifs is 2. The molecule has 1 nitrogen and oxygen atoms in total. The van der Waals surface area contributed by atoms with Gasteiger partial charge in [0.1, 0.15) is 11.9 Å². The molecule has 1 aromatic rings. The van der Waals surface area contributed by atoms with E-state index < -0.39 is 0 Å². The maximum atomic E-state index is 6.25. The average molecular weight is 230 g/mol. The first-order chi connectivity index (χ1) is 8.04. The molecule has 0 spiro atoms. The molecule has 2 aliphatic rings. The fraction of sp³-hybridized carbons (Fsp3) is 0.625. The van der Waals surface area contributed by atoms with Crippen molar-refractivity contribution in [2.45, 2.75) is 46.1 Å². The Bertz CT molecular complexity index is 409. The summed E-state index contributed by atoms with van der Waals surface area (Å²) in [4.78, 5) is 0. The summed E-state index contributed by atoms with van der Waals surface area (Å²) in [6.07, 6.45) is 4.34. The molecule has 1 heteroatoms. The SMILES string of the molecule is CC1(C)C2CCC1(C)C(Oc1ccccc1)C2. The molecule has 2 saturated carbocycles. The molecule has 1 aromatic carbocycles. The van der Waals surface area contributed by atoms with E-state index in [9.17, 15) is 0 Å². The van der Waals surface area contributed by atoms with Crippen molar-refractivity contribution < 1.29 is 4.74 Å². The Hall–Kier alpha value is -0.980. The van der Waals surface area contributed by atoms with Gasteiger partial charge >= 0.3 is 0 Å². The normalized spacial score (nSPS) is 38.3. The van der Waals surface area contributed by atoms with Crippen molar-refractivity contribution in [1.82, 2.24) is 0 Å². The van der Waals surface area contributed by atoms with E-state index in [1.807, 2.05) is 6.07 Å². The van der Waals surface area contributed by atoms with Crippen LogP contribution in [0.2, 0.25) is 0 Å². The summed E-state index contributed by atoms with van der Waals surface area (Å²) in [6, 6.07) is 10.3. The lowest BCUT2D eigenvalue weighted by Gasteiger charge is -2.38. The zero-order chi connectivity index (χ0) is 12.1. The van der Waals surface area contributed by atoms with Gasteiger partial charge in [0.05, 0.1) is 0 Å². The number of hydrogen-bond acceptors (Lipinski definition) is 1. The first-order valence-corrected chi connectivity index (χ1v) is 6.76. The minimum absolute atomic E-state index is 0.355. The lowest BCUT2D eigenvalue weighted by molar-refractivity contribution is 0.0302. The zero-order valence-corrected chi connectivity index (χ0v) is 11.1. The lowest BCUT2D eigenvalue weighted by Crippen LogP contribution is -2.38. The van der Waals surface area contributed by atoms with Crippen molar-refractivity contribution >= 4 is 0 Å². The number of rotatable bonds is 2. The van der Waals surface area contributed by atoms with E-state index in [0.29, 0.717) is 16.9 Å². The van der Waals surface area contributed by atoms with Crippen LogP contribution in [0.25, 0.3) is 0 Å².